The molecule has 1 aliphatic rings. The van der Waals surface area contributed by atoms with Crippen LogP contribution in [0.4, 0.5) is 10.1 Å². The molecule has 0 saturated carbocycles. The van der Waals surface area contributed by atoms with Gasteiger partial charge in [0.2, 0.25) is 0 Å². The SMILES string of the molecule is COc1ccc(C2=NN(c3ccc(F)cc3)C(c3ccc(Cl)cc3)C2)cc1. The number of ether oxygens (including phenoxy) is 1. The highest BCUT2D eigenvalue weighted by Crippen LogP contribution is 2.37. The average Bonchev–Trinajstić information content (AvgIpc) is 3.14. The minimum Gasteiger partial charge on any atom is -0.497 e. The minimum atomic E-state index is -0.264. The van der Waals surface area contributed by atoms with Crippen molar-refractivity contribution in [2.45, 2.75) is 12.5 Å². The third-order valence-electron chi connectivity index (χ3n) is 4.68. The first-order valence-corrected chi connectivity index (χ1v) is 9.04. The van der Waals surface area contributed by atoms with Crippen molar-refractivity contribution in [3.63, 3.8) is 0 Å². The Kier molecular flexibility index (Phi) is 4.82. The van der Waals surface area contributed by atoms with E-state index in [1.807, 2.05) is 53.5 Å². The van der Waals surface area contributed by atoms with Gasteiger partial charge >= 0.3 is 0 Å². The Labute approximate surface area is 162 Å². The largest absolute Gasteiger partial charge is 0.497 e. The van der Waals surface area contributed by atoms with Crippen LogP contribution in [0, 0.1) is 5.82 Å². The fourth-order valence-corrected chi connectivity index (χ4v) is 3.37. The van der Waals surface area contributed by atoms with Crippen LogP contribution in [0.15, 0.2) is 77.9 Å². The van der Waals surface area contributed by atoms with Crippen molar-refractivity contribution in [1.29, 1.82) is 0 Å². The Morgan fingerprint density at radius 2 is 1.63 bits per heavy atom. The van der Waals surface area contributed by atoms with E-state index in [9.17, 15) is 4.39 Å². The lowest BCUT2D eigenvalue weighted by Crippen LogP contribution is -2.18. The molecule has 27 heavy (non-hydrogen) atoms. The Morgan fingerprint density at radius 1 is 0.963 bits per heavy atom. The molecule has 5 heteroatoms. The first-order valence-electron chi connectivity index (χ1n) is 8.66. The number of benzene rings is 3. The predicted molar refractivity (Wildman–Crippen MR) is 107 cm³/mol. The maximum absolute atomic E-state index is 13.4. The molecule has 136 valence electrons. The van der Waals surface area contributed by atoms with E-state index in [2.05, 4.69) is 0 Å². The topological polar surface area (TPSA) is 24.8 Å². The van der Waals surface area contributed by atoms with Crippen LogP contribution in [0.5, 0.6) is 5.75 Å². The Hall–Kier alpha value is -2.85. The number of anilines is 1. The molecule has 0 aliphatic carbocycles. The van der Waals surface area contributed by atoms with Crippen LogP contribution >= 0.6 is 11.6 Å². The van der Waals surface area contributed by atoms with E-state index >= 15 is 0 Å². The zero-order valence-corrected chi connectivity index (χ0v) is 15.5. The van der Waals surface area contributed by atoms with Crippen molar-refractivity contribution in [3.05, 3.63) is 94.8 Å². The maximum Gasteiger partial charge on any atom is 0.123 e. The van der Waals surface area contributed by atoms with Gasteiger partial charge in [-0.25, -0.2) is 4.39 Å². The summed E-state index contributed by atoms with van der Waals surface area (Å²) in [4.78, 5) is 0. The molecule has 4 rings (SSSR count). The second kappa shape index (κ2) is 7.41. The van der Waals surface area contributed by atoms with Crippen LogP contribution < -0.4 is 9.75 Å². The summed E-state index contributed by atoms with van der Waals surface area (Å²) in [5.74, 6) is 0.544. The van der Waals surface area contributed by atoms with Gasteiger partial charge in [-0.1, -0.05) is 23.7 Å². The lowest BCUT2D eigenvalue weighted by molar-refractivity contribution is 0.415. The van der Waals surface area contributed by atoms with E-state index in [0.29, 0.717) is 5.02 Å². The molecule has 0 aromatic heterocycles. The number of hydrogen-bond donors (Lipinski definition) is 0. The quantitative estimate of drug-likeness (QED) is 0.567. The summed E-state index contributed by atoms with van der Waals surface area (Å²) in [6.07, 6.45) is 0.741. The van der Waals surface area contributed by atoms with E-state index in [0.717, 1.165) is 34.7 Å². The molecule has 0 fully saturated rings. The Morgan fingerprint density at radius 3 is 2.26 bits per heavy atom. The van der Waals surface area contributed by atoms with Gasteiger partial charge in [-0.05, 0) is 71.8 Å². The Balaban J connectivity index is 1.72. The van der Waals surface area contributed by atoms with Gasteiger partial charge in [-0.2, -0.15) is 5.10 Å². The molecule has 3 aromatic rings. The molecular weight excluding hydrogens is 363 g/mol. The molecule has 3 nitrogen and oxygen atoms in total. The predicted octanol–water partition coefficient (Wildman–Crippen LogP) is 5.84. The van der Waals surface area contributed by atoms with E-state index in [-0.39, 0.29) is 11.9 Å². The first-order chi connectivity index (χ1) is 13.1. The Bertz CT molecular complexity index is 953. The van der Waals surface area contributed by atoms with Crippen LogP contribution in [0.1, 0.15) is 23.6 Å². The van der Waals surface area contributed by atoms with Gasteiger partial charge in [0.25, 0.3) is 0 Å². The fraction of sp³-hybridized carbons (Fsp3) is 0.136. The van der Waals surface area contributed by atoms with Crippen molar-refractivity contribution in [2.75, 3.05) is 12.1 Å². The van der Waals surface area contributed by atoms with Crippen molar-refractivity contribution in [1.82, 2.24) is 0 Å². The third-order valence-corrected chi connectivity index (χ3v) is 4.93. The lowest BCUT2D eigenvalue weighted by atomic mass is 9.98. The van der Waals surface area contributed by atoms with Gasteiger partial charge in [0, 0.05) is 11.4 Å². The molecule has 1 aliphatic heterocycles. The van der Waals surface area contributed by atoms with Crippen LogP contribution in [0.25, 0.3) is 0 Å². The highest BCUT2D eigenvalue weighted by Gasteiger charge is 2.30. The molecule has 3 aromatic carbocycles. The smallest absolute Gasteiger partial charge is 0.123 e. The number of halogens is 2. The number of hydrogen-bond acceptors (Lipinski definition) is 3. The van der Waals surface area contributed by atoms with Gasteiger partial charge in [0.1, 0.15) is 11.6 Å². The molecule has 0 saturated heterocycles. The van der Waals surface area contributed by atoms with E-state index in [4.69, 9.17) is 21.4 Å². The number of methoxy groups -OCH3 is 1. The third kappa shape index (κ3) is 3.67. The fourth-order valence-electron chi connectivity index (χ4n) is 3.24. The highest BCUT2D eigenvalue weighted by molar-refractivity contribution is 6.30. The van der Waals surface area contributed by atoms with Crippen molar-refractivity contribution >= 4 is 23.0 Å². The van der Waals surface area contributed by atoms with E-state index in [1.54, 1.807) is 19.2 Å². The summed E-state index contributed by atoms with van der Waals surface area (Å²) in [5.41, 5.74) is 3.97. The summed E-state index contributed by atoms with van der Waals surface area (Å²) in [6.45, 7) is 0. The zero-order valence-electron chi connectivity index (χ0n) is 14.8. The van der Waals surface area contributed by atoms with Crippen LogP contribution in [-0.2, 0) is 0 Å². The summed E-state index contributed by atoms with van der Waals surface area (Å²) in [5, 5.41) is 7.49. The van der Waals surface area contributed by atoms with Crippen LogP contribution in [-0.4, -0.2) is 12.8 Å². The molecule has 1 atom stereocenters. The van der Waals surface area contributed by atoms with Gasteiger partial charge in [0.05, 0.1) is 24.6 Å². The van der Waals surface area contributed by atoms with Crippen LogP contribution in [0.3, 0.4) is 0 Å². The van der Waals surface area contributed by atoms with Gasteiger partial charge in [-0.15, -0.1) is 0 Å². The molecular formula is C22H18ClFN2O. The number of nitrogens with zero attached hydrogens (tertiary/aromatic N) is 2. The van der Waals surface area contributed by atoms with Gasteiger partial charge in [-0.3, -0.25) is 5.01 Å². The normalized spacial score (nSPS) is 16.3. The van der Waals surface area contributed by atoms with Crippen molar-refractivity contribution < 1.29 is 9.13 Å². The molecule has 0 spiro atoms. The molecule has 0 N–H and O–H groups in total. The highest BCUT2D eigenvalue weighted by atomic mass is 35.5. The van der Waals surface area contributed by atoms with Gasteiger partial charge in [0.15, 0.2) is 0 Å². The second-order valence-electron chi connectivity index (χ2n) is 6.37. The monoisotopic (exact) mass is 380 g/mol. The van der Waals surface area contributed by atoms with E-state index in [1.165, 1.54) is 12.1 Å². The molecule has 0 radical (unpaired) electrons. The maximum atomic E-state index is 13.4. The summed E-state index contributed by atoms with van der Waals surface area (Å²) in [7, 11) is 1.65. The van der Waals surface area contributed by atoms with Crippen LogP contribution in [0.2, 0.25) is 5.02 Å². The zero-order chi connectivity index (χ0) is 18.8. The first kappa shape index (κ1) is 17.6. The molecule has 1 heterocycles. The van der Waals surface area contributed by atoms with Gasteiger partial charge < -0.3 is 4.74 Å². The number of hydrazone groups is 1. The minimum absolute atomic E-state index is 0.0184. The summed E-state index contributed by atoms with van der Waals surface area (Å²) < 4.78 is 18.6. The van der Waals surface area contributed by atoms with Crippen molar-refractivity contribution in [2.24, 2.45) is 5.10 Å². The molecule has 1 unspecified atom stereocenters. The summed E-state index contributed by atoms with van der Waals surface area (Å²) in [6, 6.07) is 22.1. The van der Waals surface area contributed by atoms with Crippen molar-refractivity contribution in [3.8, 4) is 5.75 Å². The molecule has 0 amide bonds. The average molecular weight is 381 g/mol. The lowest BCUT2D eigenvalue weighted by Gasteiger charge is -2.24. The van der Waals surface area contributed by atoms with E-state index < -0.39 is 0 Å². The summed E-state index contributed by atoms with van der Waals surface area (Å²) >= 11 is 6.05. The standard InChI is InChI=1S/C22H18ClFN2O/c1-27-20-12-4-15(5-13-20)21-14-22(16-2-6-17(23)7-3-16)26(25-21)19-10-8-18(24)9-11-19/h2-13,22H,14H2,1H3. The second-order valence-corrected chi connectivity index (χ2v) is 6.80. The number of rotatable bonds is 4. The molecule has 0 bridgehead atoms.